The van der Waals surface area contributed by atoms with Gasteiger partial charge in [0.25, 0.3) is 0 Å². The first-order chi connectivity index (χ1) is 30.1. The second-order valence-corrected chi connectivity index (χ2v) is 14.5. The largest absolute Gasteiger partial charge is 1.00 e. The minimum absolute atomic E-state index is 0. The van der Waals surface area contributed by atoms with Crippen molar-refractivity contribution in [2.45, 2.75) is 0 Å². The molecule has 0 atom stereocenters. The molecule has 380 valence electrons. The van der Waals surface area contributed by atoms with Crippen LogP contribution in [-0.2, 0) is 68.3 Å². The Morgan fingerprint density at radius 1 is 0.221 bits per heavy atom. The second-order valence-electron chi connectivity index (χ2n) is 10.7. The first kappa shape index (κ1) is 66.4. The molecule has 0 spiro atoms. The zero-order valence-corrected chi connectivity index (χ0v) is 38.4. The van der Waals surface area contributed by atoms with Gasteiger partial charge in [0.15, 0.2) is 0 Å². The molecule has 4 heterocycles. The molecule has 0 N–H and O–H groups in total. The average molecular weight is 1250 g/mol. The predicted octanol–water partition coefficient (Wildman–Crippen LogP) is 15.7. The molecule has 8 rings (SSSR count). The van der Waals surface area contributed by atoms with E-state index in [1.807, 2.05) is 0 Å². The van der Waals surface area contributed by atoms with Gasteiger partial charge in [0.05, 0.1) is 116 Å². The minimum Gasteiger partial charge on any atom is -0.278 e. The summed E-state index contributed by atoms with van der Waals surface area (Å²) in [5, 5.41) is 8.42. The van der Waals surface area contributed by atoms with E-state index < -0.39 is 116 Å². The van der Waals surface area contributed by atoms with E-state index in [1.54, 1.807) is 45.3 Å². The van der Waals surface area contributed by atoms with Gasteiger partial charge in [-0.15, -0.1) is 69.6 Å². The average Bonchev–Trinajstić information content (AvgIpc) is 4.13. The Kier molecular flexibility index (Phi) is 30.8. The fraction of sp³-hybridized carbons (Fsp3) is 0. The molecule has 0 unspecified atom stereocenters. The molecule has 4 aromatic heterocycles. The van der Waals surface area contributed by atoms with Gasteiger partial charge < -0.3 is 0 Å². The molecular weight excluding hydrogens is 1240 g/mol. The van der Waals surface area contributed by atoms with E-state index in [4.69, 9.17) is 0 Å². The summed E-state index contributed by atoms with van der Waals surface area (Å²) >= 11 is 7.16. The van der Waals surface area contributed by atoms with E-state index in [1.165, 1.54) is 19.5 Å². The summed E-state index contributed by atoms with van der Waals surface area (Å²) in [6, 6.07) is 21.0. The van der Waals surface area contributed by atoms with E-state index >= 15 is 0 Å². The van der Waals surface area contributed by atoms with Gasteiger partial charge in [0.2, 0.25) is 0 Å². The van der Waals surface area contributed by atoms with Crippen LogP contribution in [0, 0.1) is 141 Å². The Bertz CT molecular complexity index is 2260. The van der Waals surface area contributed by atoms with Crippen LogP contribution >= 0.6 is 45.3 Å². The van der Waals surface area contributed by atoms with Crippen LogP contribution in [0.2, 0.25) is 0 Å². The summed E-state index contributed by atoms with van der Waals surface area (Å²) in [7, 11) is 0. The number of benzene rings is 4. The Morgan fingerprint density at radius 2 is 0.353 bits per heavy atom. The summed E-state index contributed by atoms with van der Waals surface area (Å²) < 4.78 is 239. The SMILES string of the molecule is Fc1[c-]c(F)c(F)c(F)c1F.Fc1[c-]c(F)c(F)c(F)c1F.Fc1[c-]c(F)c(F)c(F)c1F.Fc1[c-]c(F)c(F)c(F)c1F.[Cu+].[Cu+].[Cu+].[Cu+].c1csc(-c2cccs2)c1.c1csc(-c2cccs2)c1. The van der Waals surface area contributed by atoms with Gasteiger partial charge >= 0.3 is 68.3 Å². The van der Waals surface area contributed by atoms with Crippen LogP contribution in [0.4, 0.5) is 87.8 Å². The van der Waals surface area contributed by atoms with Gasteiger partial charge in [0, 0.05) is 19.5 Å². The fourth-order valence-corrected chi connectivity index (χ4v) is 6.81. The van der Waals surface area contributed by atoms with Gasteiger partial charge in [-0.05, 0) is 45.8 Å². The molecule has 0 aliphatic heterocycles. The smallest absolute Gasteiger partial charge is 0.278 e. The summed E-state index contributed by atoms with van der Waals surface area (Å²) in [6.07, 6.45) is 0. The van der Waals surface area contributed by atoms with Crippen LogP contribution in [-0.4, -0.2) is 0 Å². The molecule has 0 saturated heterocycles. The van der Waals surface area contributed by atoms with Crippen LogP contribution in [0.15, 0.2) is 70.1 Å². The van der Waals surface area contributed by atoms with Crippen molar-refractivity contribution in [3.8, 4) is 19.5 Å². The minimum atomic E-state index is -2.17. The maximum Gasteiger partial charge on any atom is 1.00 e. The number of hydrogen-bond acceptors (Lipinski definition) is 4. The van der Waals surface area contributed by atoms with Gasteiger partial charge in [-0.3, -0.25) is 35.1 Å². The molecule has 0 nitrogen and oxygen atoms in total. The van der Waals surface area contributed by atoms with Crippen LogP contribution in [0.1, 0.15) is 0 Å². The summed E-state index contributed by atoms with van der Waals surface area (Å²) in [5.41, 5.74) is 0. The summed E-state index contributed by atoms with van der Waals surface area (Å²) in [6.45, 7) is 0. The van der Waals surface area contributed by atoms with Crippen LogP contribution in [0.3, 0.4) is 0 Å². The normalized spacial score (nSPS) is 9.59. The van der Waals surface area contributed by atoms with Crippen LogP contribution in [0.5, 0.6) is 0 Å². The number of thiophene rings is 4. The molecule has 0 radical (unpaired) electrons. The van der Waals surface area contributed by atoms with Gasteiger partial charge in [0.1, 0.15) is 0 Å². The molecule has 8 aromatic rings. The molecule has 68 heavy (non-hydrogen) atoms. The van der Waals surface area contributed by atoms with Gasteiger partial charge in [-0.25, -0.2) is 52.7 Å². The van der Waals surface area contributed by atoms with Crippen molar-refractivity contribution < 1.29 is 156 Å². The van der Waals surface area contributed by atoms with E-state index in [-0.39, 0.29) is 68.3 Å². The van der Waals surface area contributed by atoms with Crippen molar-refractivity contribution in [3.63, 3.8) is 0 Å². The third kappa shape index (κ3) is 18.6. The quantitative estimate of drug-likeness (QED) is 0.0532. The second kappa shape index (κ2) is 31.6. The monoisotopic (exact) mass is 1250 g/mol. The number of hydrogen-bond donors (Lipinski definition) is 0. The van der Waals surface area contributed by atoms with Crippen molar-refractivity contribution in [2.24, 2.45) is 0 Å². The Hall–Kier alpha value is -3.64. The molecule has 0 bridgehead atoms. The predicted molar refractivity (Wildman–Crippen MR) is 196 cm³/mol. The summed E-state index contributed by atoms with van der Waals surface area (Å²) in [5.74, 6) is -40.2. The third-order valence-corrected chi connectivity index (χ3v) is 10.4. The zero-order valence-electron chi connectivity index (χ0n) is 31.3. The van der Waals surface area contributed by atoms with Crippen molar-refractivity contribution in [1.82, 2.24) is 0 Å². The Labute approximate surface area is 428 Å². The topological polar surface area (TPSA) is 0 Å². The van der Waals surface area contributed by atoms with Crippen LogP contribution < -0.4 is 0 Å². The first-order valence-corrected chi connectivity index (χ1v) is 19.4. The van der Waals surface area contributed by atoms with E-state index in [0.717, 1.165) is 24.3 Å². The number of rotatable bonds is 2. The van der Waals surface area contributed by atoms with E-state index in [2.05, 4.69) is 70.1 Å². The standard InChI is InChI=1S/2C8H6S2.4C6F5.4Cu/c2*1-3-7(9-5-1)8-4-2-6-10-8;4*7-2-1-3(8)5(10)6(11)4(2)9;;;;/h2*1-6H;;;;;;;;/q;;4*-1;4*+1. The van der Waals surface area contributed by atoms with E-state index in [0.29, 0.717) is 0 Å². The molecular formula is C40H12Cu4F20S4. The molecule has 0 saturated carbocycles. The third-order valence-electron chi connectivity index (χ3n) is 6.53. The summed E-state index contributed by atoms with van der Waals surface area (Å²) in [4.78, 5) is 5.48. The Morgan fingerprint density at radius 3 is 0.456 bits per heavy atom. The van der Waals surface area contributed by atoms with E-state index in [9.17, 15) is 87.8 Å². The van der Waals surface area contributed by atoms with Gasteiger partial charge in [-0.1, -0.05) is 24.3 Å². The van der Waals surface area contributed by atoms with Crippen molar-refractivity contribution >= 4 is 45.3 Å². The number of halogens is 20. The fourth-order valence-electron chi connectivity index (χ4n) is 3.66. The van der Waals surface area contributed by atoms with Gasteiger partial charge in [-0.2, -0.15) is 0 Å². The molecule has 4 aromatic carbocycles. The molecule has 0 aliphatic rings. The zero-order chi connectivity index (χ0) is 48.0. The van der Waals surface area contributed by atoms with Crippen LogP contribution in [0.25, 0.3) is 19.5 Å². The first-order valence-electron chi connectivity index (χ1n) is 15.9. The maximum absolute atomic E-state index is 12.0. The molecule has 0 fully saturated rings. The van der Waals surface area contributed by atoms with Crippen molar-refractivity contribution in [3.05, 3.63) is 211 Å². The molecule has 28 heteroatoms. The van der Waals surface area contributed by atoms with Crippen molar-refractivity contribution in [2.75, 3.05) is 0 Å². The Balaban J connectivity index is 0. The maximum atomic E-state index is 12.0. The molecule has 0 aliphatic carbocycles. The molecule has 0 amide bonds. The van der Waals surface area contributed by atoms with Crippen molar-refractivity contribution in [1.29, 1.82) is 0 Å².